The molecule has 4 rings (SSSR count). The number of thioether (sulfide) groups is 1. The van der Waals surface area contributed by atoms with Crippen LogP contribution in [0.1, 0.15) is 47.8 Å². The van der Waals surface area contributed by atoms with Crippen molar-refractivity contribution >= 4 is 33.6 Å². The molecule has 3 nitrogen and oxygen atoms in total. The highest BCUT2D eigenvalue weighted by Crippen LogP contribution is 2.28. The molecule has 0 atom stereocenters. The van der Waals surface area contributed by atoms with Crippen LogP contribution < -0.4 is 0 Å². The molecule has 1 aliphatic heterocycles. The van der Waals surface area contributed by atoms with Gasteiger partial charge in [-0.1, -0.05) is 86.6 Å². The summed E-state index contributed by atoms with van der Waals surface area (Å²) in [7, 11) is 0. The Morgan fingerprint density at radius 3 is 2.43 bits per heavy atom. The van der Waals surface area contributed by atoms with Crippen LogP contribution in [0.25, 0.3) is 10.8 Å². The number of benzene rings is 3. The van der Waals surface area contributed by atoms with E-state index < -0.39 is 0 Å². The molecule has 1 heterocycles. The zero-order chi connectivity index (χ0) is 21.3. The number of hydrogen-bond acceptors (Lipinski definition) is 3. The quantitative estimate of drug-likeness (QED) is 0.510. The number of rotatable bonds is 3. The highest BCUT2D eigenvalue weighted by Gasteiger charge is 2.25. The Bertz CT molecular complexity index is 1110. The van der Waals surface area contributed by atoms with E-state index in [2.05, 4.69) is 81.2 Å². The van der Waals surface area contributed by atoms with Gasteiger partial charge in [-0.3, -0.25) is 14.7 Å². The maximum Gasteiger partial charge on any atom is 0.259 e. The number of hydrogen-bond donors (Lipinski definition) is 0. The minimum absolute atomic E-state index is 0.0319. The molecule has 3 aromatic carbocycles. The molecule has 154 valence electrons. The molecule has 0 bridgehead atoms. The van der Waals surface area contributed by atoms with Crippen LogP contribution in [0.2, 0.25) is 0 Å². The summed E-state index contributed by atoms with van der Waals surface area (Å²) < 4.78 is 0. The number of nitrogens with zero attached hydrogens (tertiary/aromatic N) is 2. The Balaban J connectivity index is 1.50. The number of carbonyl (C=O) groups excluding carboxylic acids is 1. The Labute approximate surface area is 183 Å². The van der Waals surface area contributed by atoms with Gasteiger partial charge in [-0.25, -0.2) is 0 Å². The van der Waals surface area contributed by atoms with Gasteiger partial charge in [0.05, 0.1) is 6.54 Å². The molecule has 0 saturated heterocycles. The third kappa shape index (κ3) is 4.44. The molecule has 0 aromatic heterocycles. The lowest BCUT2D eigenvalue weighted by Gasteiger charge is -2.20. The summed E-state index contributed by atoms with van der Waals surface area (Å²) in [6.07, 6.45) is 0. The molecule has 3 aromatic rings. The van der Waals surface area contributed by atoms with Crippen LogP contribution in [0.5, 0.6) is 0 Å². The Hall–Kier alpha value is -2.59. The molecule has 0 spiro atoms. The minimum Gasteiger partial charge on any atom is -0.286 e. The molecule has 4 heteroatoms. The molecular formula is C26H28N2OS. The number of aryl methyl sites for hydroxylation is 1. The van der Waals surface area contributed by atoms with Crippen molar-refractivity contribution in [2.45, 2.75) is 38.9 Å². The molecule has 1 aliphatic rings. The summed E-state index contributed by atoms with van der Waals surface area (Å²) in [6.45, 7) is 10.1. The standard InChI is InChI=1S/C26H28N2OS/c1-18-5-7-19(8-6-18)17-30-25-27-13-14-28(25)24(29)22-10-9-21-16-23(26(2,3)4)12-11-20(21)15-22/h5-12,15-16H,13-14,17H2,1-4H3. The summed E-state index contributed by atoms with van der Waals surface area (Å²) in [4.78, 5) is 19.6. The first kappa shape index (κ1) is 20.7. The Morgan fingerprint density at radius 1 is 1.00 bits per heavy atom. The number of fused-ring (bicyclic) bond motifs is 1. The van der Waals surface area contributed by atoms with Crippen LogP contribution in [0.3, 0.4) is 0 Å². The Kier molecular flexibility index (Phi) is 5.70. The largest absolute Gasteiger partial charge is 0.286 e. The number of carbonyl (C=O) groups is 1. The fraction of sp³-hybridized carbons (Fsp3) is 0.308. The molecule has 0 unspecified atom stereocenters. The van der Waals surface area contributed by atoms with Gasteiger partial charge in [0.1, 0.15) is 0 Å². The van der Waals surface area contributed by atoms with E-state index in [1.54, 1.807) is 11.8 Å². The first-order chi connectivity index (χ1) is 14.3. The van der Waals surface area contributed by atoms with Crippen LogP contribution in [-0.2, 0) is 11.2 Å². The van der Waals surface area contributed by atoms with E-state index in [1.807, 2.05) is 17.0 Å². The van der Waals surface area contributed by atoms with Crippen molar-refractivity contribution in [3.8, 4) is 0 Å². The number of amidine groups is 1. The minimum atomic E-state index is 0.0319. The van der Waals surface area contributed by atoms with Crippen molar-refractivity contribution in [3.63, 3.8) is 0 Å². The van der Waals surface area contributed by atoms with Crippen LogP contribution >= 0.6 is 11.8 Å². The Morgan fingerprint density at radius 2 is 1.70 bits per heavy atom. The van der Waals surface area contributed by atoms with E-state index in [4.69, 9.17) is 0 Å². The molecule has 30 heavy (non-hydrogen) atoms. The van der Waals surface area contributed by atoms with Crippen molar-refractivity contribution in [1.82, 2.24) is 4.90 Å². The average molecular weight is 417 g/mol. The van der Waals surface area contributed by atoms with Gasteiger partial charge >= 0.3 is 0 Å². The number of aliphatic imine (C=N–C) groups is 1. The second kappa shape index (κ2) is 8.27. The van der Waals surface area contributed by atoms with Crippen LogP contribution in [0.15, 0.2) is 65.7 Å². The zero-order valence-electron chi connectivity index (χ0n) is 18.1. The van der Waals surface area contributed by atoms with Gasteiger partial charge < -0.3 is 0 Å². The molecule has 0 saturated carbocycles. The molecule has 1 amide bonds. The monoisotopic (exact) mass is 416 g/mol. The maximum atomic E-state index is 13.2. The summed E-state index contributed by atoms with van der Waals surface area (Å²) in [5.41, 5.74) is 4.63. The molecular weight excluding hydrogens is 388 g/mol. The van der Waals surface area contributed by atoms with Crippen molar-refractivity contribution in [1.29, 1.82) is 0 Å². The SMILES string of the molecule is Cc1ccc(CSC2=NCCN2C(=O)c2ccc3cc(C(C)(C)C)ccc3c2)cc1. The third-order valence-corrected chi connectivity index (χ3v) is 6.57. The van der Waals surface area contributed by atoms with Crippen molar-refractivity contribution < 1.29 is 4.79 Å². The second-order valence-corrected chi connectivity index (χ2v) is 9.86. The van der Waals surface area contributed by atoms with Gasteiger partial charge in [0.25, 0.3) is 5.91 Å². The third-order valence-electron chi connectivity index (χ3n) is 5.49. The fourth-order valence-corrected chi connectivity index (χ4v) is 4.57. The maximum absolute atomic E-state index is 13.2. The lowest BCUT2D eigenvalue weighted by Crippen LogP contribution is -2.32. The van der Waals surface area contributed by atoms with E-state index in [0.717, 1.165) is 21.9 Å². The summed E-state index contributed by atoms with van der Waals surface area (Å²) >= 11 is 1.64. The normalized spacial score (nSPS) is 14.3. The second-order valence-electron chi connectivity index (χ2n) is 8.92. The lowest BCUT2D eigenvalue weighted by atomic mass is 9.86. The van der Waals surface area contributed by atoms with E-state index in [0.29, 0.717) is 13.1 Å². The topological polar surface area (TPSA) is 32.7 Å². The van der Waals surface area contributed by atoms with Crippen LogP contribution in [0.4, 0.5) is 0 Å². The molecule has 0 radical (unpaired) electrons. The molecule has 0 N–H and O–H groups in total. The first-order valence-electron chi connectivity index (χ1n) is 10.4. The summed E-state index contributed by atoms with van der Waals surface area (Å²) in [6, 6.07) is 21.0. The predicted molar refractivity (Wildman–Crippen MR) is 128 cm³/mol. The smallest absolute Gasteiger partial charge is 0.259 e. The molecule has 0 fully saturated rings. The van der Waals surface area contributed by atoms with Crippen molar-refractivity contribution in [2.24, 2.45) is 4.99 Å². The summed E-state index contributed by atoms with van der Waals surface area (Å²) in [5.74, 6) is 0.848. The average Bonchev–Trinajstić information content (AvgIpc) is 3.20. The highest BCUT2D eigenvalue weighted by atomic mass is 32.2. The van der Waals surface area contributed by atoms with Gasteiger partial charge in [-0.05, 0) is 46.4 Å². The first-order valence-corrected chi connectivity index (χ1v) is 11.4. The number of amides is 1. The van der Waals surface area contributed by atoms with E-state index in [-0.39, 0.29) is 11.3 Å². The lowest BCUT2D eigenvalue weighted by molar-refractivity contribution is 0.0861. The predicted octanol–water partition coefficient (Wildman–Crippen LogP) is 6.19. The van der Waals surface area contributed by atoms with E-state index in [9.17, 15) is 4.79 Å². The van der Waals surface area contributed by atoms with Gasteiger partial charge in [-0.15, -0.1) is 0 Å². The van der Waals surface area contributed by atoms with Crippen molar-refractivity contribution in [2.75, 3.05) is 13.1 Å². The van der Waals surface area contributed by atoms with Gasteiger partial charge in [0.15, 0.2) is 5.17 Å². The fourth-order valence-electron chi connectivity index (χ4n) is 3.57. The van der Waals surface area contributed by atoms with Crippen LogP contribution in [0, 0.1) is 6.92 Å². The van der Waals surface area contributed by atoms with Gasteiger partial charge in [-0.2, -0.15) is 0 Å². The molecule has 0 aliphatic carbocycles. The van der Waals surface area contributed by atoms with Crippen molar-refractivity contribution in [3.05, 3.63) is 82.9 Å². The summed E-state index contributed by atoms with van der Waals surface area (Å²) in [5, 5.41) is 3.09. The van der Waals surface area contributed by atoms with Gasteiger partial charge in [0, 0.05) is 17.9 Å². The highest BCUT2D eigenvalue weighted by molar-refractivity contribution is 8.13. The van der Waals surface area contributed by atoms with Gasteiger partial charge in [0.2, 0.25) is 0 Å². The van der Waals surface area contributed by atoms with E-state index >= 15 is 0 Å². The van der Waals surface area contributed by atoms with Crippen LogP contribution in [-0.4, -0.2) is 29.1 Å². The zero-order valence-corrected chi connectivity index (χ0v) is 18.9. The van der Waals surface area contributed by atoms with E-state index in [1.165, 1.54) is 22.1 Å².